The maximum atomic E-state index is 12.4. The summed E-state index contributed by atoms with van der Waals surface area (Å²) in [6, 6.07) is 4.14. The van der Waals surface area contributed by atoms with Gasteiger partial charge in [-0.3, -0.25) is 0 Å². The van der Waals surface area contributed by atoms with Gasteiger partial charge in [-0.1, -0.05) is 35.3 Å². The first-order valence-electron chi connectivity index (χ1n) is 5.24. The molecule has 0 saturated heterocycles. The summed E-state index contributed by atoms with van der Waals surface area (Å²) < 4.78 is 25.8. The van der Waals surface area contributed by atoms with Crippen LogP contribution in [0.1, 0.15) is 6.92 Å². The zero-order valence-corrected chi connectivity index (χ0v) is 12.4. The van der Waals surface area contributed by atoms with Gasteiger partial charge in [0.05, 0.1) is 11.6 Å². The summed E-state index contributed by atoms with van der Waals surface area (Å²) in [6.07, 6.45) is 0. The molecular formula is C10H13Cl2N3O3S. The highest BCUT2D eigenvalue weighted by atomic mass is 35.5. The van der Waals surface area contributed by atoms with Crippen LogP contribution in [0.25, 0.3) is 0 Å². The third kappa shape index (κ3) is 3.73. The van der Waals surface area contributed by atoms with Gasteiger partial charge in [0.25, 0.3) is 0 Å². The number of amidine groups is 1. The second kappa shape index (κ2) is 6.42. The van der Waals surface area contributed by atoms with Crippen molar-refractivity contribution in [1.82, 2.24) is 4.31 Å². The molecule has 1 aromatic carbocycles. The van der Waals surface area contributed by atoms with Crippen LogP contribution < -0.4 is 5.73 Å². The van der Waals surface area contributed by atoms with Gasteiger partial charge in [-0.2, -0.15) is 4.31 Å². The van der Waals surface area contributed by atoms with E-state index in [2.05, 4.69) is 5.16 Å². The van der Waals surface area contributed by atoms with E-state index in [4.69, 9.17) is 34.1 Å². The molecule has 0 spiro atoms. The Balaban J connectivity index is 3.24. The van der Waals surface area contributed by atoms with E-state index in [9.17, 15) is 8.42 Å². The zero-order chi connectivity index (χ0) is 14.6. The molecule has 1 aromatic rings. The average Bonchev–Trinajstić information content (AvgIpc) is 2.37. The highest BCUT2D eigenvalue weighted by Crippen LogP contribution is 2.27. The van der Waals surface area contributed by atoms with Crippen molar-refractivity contribution in [3.8, 4) is 0 Å². The van der Waals surface area contributed by atoms with Gasteiger partial charge >= 0.3 is 0 Å². The Bertz CT molecular complexity index is 590. The summed E-state index contributed by atoms with van der Waals surface area (Å²) in [5.41, 5.74) is 5.33. The van der Waals surface area contributed by atoms with E-state index in [-0.39, 0.29) is 33.9 Å². The molecule has 9 heteroatoms. The molecule has 0 aliphatic carbocycles. The molecular weight excluding hydrogens is 313 g/mol. The molecule has 0 atom stereocenters. The van der Waals surface area contributed by atoms with Crippen LogP contribution in [-0.4, -0.2) is 36.9 Å². The van der Waals surface area contributed by atoms with Crippen LogP contribution in [0.3, 0.4) is 0 Å². The molecule has 0 aliphatic heterocycles. The first kappa shape index (κ1) is 16.0. The summed E-state index contributed by atoms with van der Waals surface area (Å²) in [5, 5.41) is 11.6. The molecule has 0 radical (unpaired) electrons. The number of sulfonamides is 1. The normalized spacial score (nSPS) is 12.9. The Labute approximate surface area is 121 Å². The first-order chi connectivity index (χ1) is 8.82. The molecule has 3 N–H and O–H groups in total. The van der Waals surface area contributed by atoms with Crippen molar-refractivity contribution in [3.63, 3.8) is 0 Å². The third-order valence-corrected chi connectivity index (χ3v) is 4.97. The van der Waals surface area contributed by atoms with Crippen molar-refractivity contribution >= 4 is 39.1 Å². The molecule has 1 rings (SSSR count). The van der Waals surface area contributed by atoms with Crippen LogP contribution in [0.4, 0.5) is 0 Å². The van der Waals surface area contributed by atoms with Gasteiger partial charge in [0.1, 0.15) is 4.90 Å². The molecule has 0 heterocycles. The smallest absolute Gasteiger partial charge is 0.245 e. The van der Waals surface area contributed by atoms with Crippen molar-refractivity contribution in [2.45, 2.75) is 11.8 Å². The SMILES string of the molecule is CCN(CC(N)=NO)S(=O)(=O)c1cc(Cl)ccc1Cl. The molecule has 0 aromatic heterocycles. The predicted octanol–water partition coefficient (Wildman–Crippen LogP) is 1.75. The van der Waals surface area contributed by atoms with Gasteiger partial charge < -0.3 is 10.9 Å². The Morgan fingerprint density at radius 3 is 2.63 bits per heavy atom. The van der Waals surface area contributed by atoms with Crippen molar-refractivity contribution < 1.29 is 13.6 Å². The van der Waals surface area contributed by atoms with E-state index in [1.807, 2.05) is 0 Å². The van der Waals surface area contributed by atoms with E-state index >= 15 is 0 Å². The Hall–Kier alpha value is -1.02. The van der Waals surface area contributed by atoms with Crippen LogP contribution in [0, 0.1) is 0 Å². The van der Waals surface area contributed by atoms with Gasteiger partial charge in [0.2, 0.25) is 10.0 Å². The Morgan fingerprint density at radius 1 is 1.47 bits per heavy atom. The van der Waals surface area contributed by atoms with Crippen molar-refractivity contribution in [2.24, 2.45) is 10.9 Å². The zero-order valence-electron chi connectivity index (χ0n) is 10.0. The van der Waals surface area contributed by atoms with E-state index in [1.165, 1.54) is 18.2 Å². The molecule has 0 fully saturated rings. The van der Waals surface area contributed by atoms with E-state index in [0.29, 0.717) is 0 Å². The van der Waals surface area contributed by atoms with E-state index < -0.39 is 10.0 Å². The second-order valence-electron chi connectivity index (χ2n) is 3.60. The fourth-order valence-corrected chi connectivity index (χ4v) is 3.55. The minimum Gasteiger partial charge on any atom is -0.409 e. The van der Waals surface area contributed by atoms with E-state index in [1.54, 1.807) is 6.92 Å². The second-order valence-corrected chi connectivity index (χ2v) is 6.35. The van der Waals surface area contributed by atoms with Crippen LogP contribution in [-0.2, 0) is 10.0 Å². The molecule has 0 bridgehead atoms. The highest BCUT2D eigenvalue weighted by molar-refractivity contribution is 7.89. The number of likely N-dealkylation sites (N-methyl/N-ethyl adjacent to an activating group) is 1. The number of benzene rings is 1. The number of rotatable bonds is 5. The average molecular weight is 326 g/mol. The number of halogens is 2. The molecule has 106 valence electrons. The summed E-state index contributed by atoms with van der Waals surface area (Å²) in [7, 11) is -3.86. The number of oxime groups is 1. The van der Waals surface area contributed by atoms with Gasteiger partial charge in [0, 0.05) is 11.6 Å². The molecule has 0 saturated carbocycles. The lowest BCUT2D eigenvalue weighted by Gasteiger charge is -2.20. The van der Waals surface area contributed by atoms with Gasteiger partial charge in [-0.15, -0.1) is 0 Å². The van der Waals surface area contributed by atoms with Crippen molar-refractivity contribution in [3.05, 3.63) is 28.2 Å². The summed E-state index contributed by atoms with van der Waals surface area (Å²) in [6.45, 7) is 1.53. The lowest BCUT2D eigenvalue weighted by atomic mass is 10.4. The van der Waals surface area contributed by atoms with Crippen LogP contribution in [0.2, 0.25) is 10.0 Å². The number of nitrogens with zero attached hydrogens (tertiary/aromatic N) is 2. The van der Waals surface area contributed by atoms with Crippen molar-refractivity contribution in [1.29, 1.82) is 0 Å². The quantitative estimate of drug-likeness (QED) is 0.373. The monoisotopic (exact) mass is 325 g/mol. The third-order valence-electron chi connectivity index (χ3n) is 2.33. The van der Waals surface area contributed by atoms with Crippen LogP contribution in [0.15, 0.2) is 28.3 Å². The summed E-state index contributed by atoms with van der Waals surface area (Å²) >= 11 is 11.7. The van der Waals surface area contributed by atoms with Gasteiger partial charge in [0.15, 0.2) is 5.84 Å². The minimum atomic E-state index is -3.86. The standard InChI is InChI=1S/C10H13Cl2N3O3S/c1-2-15(6-10(13)14-16)19(17,18)9-5-7(11)3-4-8(9)12/h3-5,16H,2,6H2,1H3,(H2,13,14). The Morgan fingerprint density at radius 2 is 2.11 bits per heavy atom. The highest BCUT2D eigenvalue weighted by Gasteiger charge is 2.26. The Kier molecular flexibility index (Phi) is 5.42. The van der Waals surface area contributed by atoms with Gasteiger partial charge in [-0.25, -0.2) is 8.42 Å². The number of hydrogen-bond donors (Lipinski definition) is 2. The lowest BCUT2D eigenvalue weighted by Crippen LogP contribution is -2.38. The van der Waals surface area contributed by atoms with Crippen LogP contribution >= 0.6 is 23.2 Å². The first-order valence-corrected chi connectivity index (χ1v) is 7.44. The topological polar surface area (TPSA) is 96.0 Å². The fraction of sp³-hybridized carbons (Fsp3) is 0.300. The van der Waals surface area contributed by atoms with Gasteiger partial charge in [-0.05, 0) is 18.2 Å². The lowest BCUT2D eigenvalue weighted by molar-refractivity contribution is 0.315. The predicted molar refractivity (Wildman–Crippen MR) is 74.3 cm³/mol. The molecule has 0 amide bonds. The minimum absolute atomic E-state index is 0.0577. The van der Waals surface area contributed by atoms with Crippen LogP contribution in [0.5, 0.6) is 0 Å². The van der Waals surface area contributed by atoms with Crippen molar-refractivity contribution in [2.75, 3.05) is 13.1 Å². The molecule has 19 heavy (non-hydrogen) atoms. The summed E-state index contributed by atoms with van der Waals surface area (Å²) in [5.74, 6) is -0.219. The number of hydrogen-bond acceptors (Lipinski definition) is 4. The largest absolute Gasteiger partial charge is 0.409 e. The maximum Gasteiger partial charge on any atom is 0.245 e. The molecule has 0 aliphatic rings. The maximum absolute atomic E-state index is 12.4. The fourth-order valence-electron chi connectivity index (χ4n) is 1.39. The number of nitrogens with two attached hydrogens (primary N) is 1. The molecule has 0 unspecified atom stereocenters. The molecule has 6 nitrogen and oxygen atoms in total. The van der Waals surface area contributed by atoms with E-state index in [0.717, 1.165) is 4.31 Å². The summed E-state index contributed by atoms with van der Waals surface area (Å²) in [4.78, 5) is -0.116.